The number of nitrogens with one attached hydrogen (secondary N) is 1. The van der Waals surface area contributed by atoms with Crippen molar-refractivity contribution in [2.75, 3.05) is 6.61 Å². The van der Waals surface area contributed by atoms with Gasteiger partial charge in [-0.3, -0.25) is 4.79 Å². The van der Waals surface area contributed by atoms with Gasteiger partial charge in [-0.25, -0.2) is 4.79 Å². The molecule has 0 bridgehead atoms. The molecule has 0 aliphatic heterocycles. The Bertz CT molecular complexity index is 1180. The first-order valence-corrected chi connectivity index (χ1v) is 8.77. The summed E-state index contributed by atoms with van der Waals surface area (Å²) in [5.74, 6) is 0.885. The normalized spacial score (nSPS) is 10.8. The van der Waals surface area contributed by atoms with Crippen LogP contribution in [0.1, 0.15) is 17.3 Å². The monoisotopic (exact) mass is 375 g/mol. The van der Waals surface area contributed by atoms with Crippen molar-refractivity contribution in [2.45, 2.75) is 6.92 Å². The third kappa shape index (κ3) is 3.37. The van der Waals surface area contributed by atoms with Gasteiger partial charge in [0.1, 0.15) is 17.1 Å². The Labute approximate surface area is 160 Å². The highest BCUT2D eigenvalue weighted by atomic mass is 16.5. The molecule has 0 fully saturated rings. The number of H-pyrrole nitrogens is 1. The number of ether oxygens (including phenoxy) is 2. The van der Waals surface area contributed by atoms with Crippen LogP contribution in [0.15, 0.2) is 71.7 Å². The molecule has 4 rings (SSSR count). The lowest BCUT2D eigenvalue weighted by Crippen LogP contribution is -2.15. The second-order valence-corrected chi connectivity index (χ2v) is 6.00. The third-order valence-corrected chi connectivity index (χ3v) is 4.14. The van der Waals surface area contributed by atoms with Gasteiger partial charge in [0.05, 0.1) is 18.5 Å². The first-order valence-electron chi connectivity index (χ1n) is 8.77. The summed E-state index contributed by atoms with van der Waals surface area (Å²) in [4.78, 5) is 27.6. The van der Waals surface area contributed by atoms with Crippen molar-refractivity contribution in [1.29, 1.82) is 0 Å². The topological polar surface area (TPSA) is 85.7 Å². The number of para-hydroxylation sites is 1. The number of rotatable bonds is 5. The number of hydrogen-bond acceptors (Lipinski definition) is 5. The molecule has 0 unspecified atom stereocenters. The second kappa shape index (κ2) is 7.40. The molecule has 0 aliphatic rings. The number of carbonyl (C=O) groups excluding carboxylic acids is 1. The van der Waals surface area contributed by atoms with E-state index in [9.17, 15) is 9.59 Å². The standard InChI is InChI=1S/C21H17N3O4/c1-2-27-21(26)17-13-22-24-19(25)12-18(23-20(17)24)14-8-10-16(11-9-14)28-15-6-4-3-5-7-15/h3-13,23H,2H2,1H3. The molecule has 7 nitrogen and oxygen atoms in total. The van der Waals surface area contributed by atoms with Crippen molar-refractivity contribution in [3.63, 3.8) is 0 Å². The van der Waals surface area contributed by atoms with Crippen molar-refractivity contribution in [1.82, 2.24) is 14.6 Å². The lowest BCUT2D eigenvalue weighted by molar-refractivity contribution is 0.0528. The van der Waals surface area contributed by atoms with Gasteiger partial charge in [-0.15, -0.1) is 0 Å². The number of benzene rings is 2. The first kappa shape index (κ1) is 17.5. The fraction of sp³-hybridized carbons (Fsp3) is 0.0952. The van der Waals surface area contributed by atoms with Gasteiger partial charge in [0, 0.05) is 6.07 Å². The lowest BCUT2D eigenvalue weighted by atomic mass is 10.1. The van der Waals surface area contributed by atoms with Crippen molar-refractivity contribution in [3.8, 4) is 22.8 Å². The number of esters is 1. The van der Waals surface area contributed by atoms with Crippen LogP contribution in [0.5, 0.6) is 11.5 Å². The summed E-state index contributed by atoms with van der Waals surface area (Å²) in [6, 6.07) is 18.2. The molecule has 1 N–H and O–H groups in total. The van der Waals surface area contributed by atoms with Crippen LogP contribution in [0.3, 0.4) is 0 Å². The molecule has 0 amide bonds. The zero-order chi connectivity index (χ0) is 19.5. The Morgan fingerprint density at radius 1 is 1.07 bits per heavy atom. The molecular weight excluding hydrogens is 358 g/mol. The fourth-order valence-corrected chi connectivity index (χ4v) is 2.82. The van der Waals surface area contributed by atoms with Crippen molar-refractivity contribution >= 4 is 11.6 Å². The molecule has 2 aromatic carbocycles. The smallest absolute Gasteiger partial charge is 0.343 e. The van der Waals surface area contributed by atoms with E-state index in [1.165, 1.54) is 12.3 Å². The molecule has 4 aromatic rings. The average Bonchev–Trinajstić information content (AvgIpc) is 3.14. The number of nitrogens with zero attached hydrogens (tertiary/aromatic N) is 2. The van der Waals surface area contributed by atoms with Gasteiger partial charge in [-0.1, -0.05) is 18.2 Å². The number of aromatic nitrogens is 3. The van der Waals surface area contributed by atoms with Crippen molar-refractivity contribution in [3.05, 3.63) is 82.8 Å². The van der Waals surface area contributed by atoms with E-state index >= 15 is 0 Å². The van der Waals surface area contributed by atoms with Crippen LogP contribution in [0.2, 0.25) is 0 Å². The molecule has 2 aromatic heterocycles. The highest BCUT2D eigenvalue weighted by Gasteiger charge is 2.16. The molecule has 2 heterocycles. The quantitative estimate of drug-likeness (QED) is 0.538. The minimum Gasteiger partial charge on any atom is -0.462 e. The second-order valence-electron chi connectivity index (χ2n) is 6.00. The van der Waals surface area contributed by atoms with Crippen LogP contribution in [-0.2, 0) is 4.74 Å². The first-order chi connectivity index (χ1) is 13.7. The van der Waals surface area contributed by atoms with E-state index in [4.69, 9.17) is 9.47 Å². The van der Waals surface area contributed by atoms with Crippen LogP contribution in [0, 0.1) is 0 Å². The van der Waals surface area contributed by atoms with Gasteiger partial charge in [0.25, 0.3) is 5.56 Å². The molecule has 0 radical (unpaired) electrons. The van der Waals surface area contributed by atoms with Crippen LogP contribution >= 0.6 is 0 Å². The minimum absolute atomic E-state index is 0.213. The predicted octanol–water partition coefficient (Wildman–Crippen LogP) is 3.66. The summed E-state index contributed by atoms with van der Waals surface area (Å²) in [5, 5.41) is 3.97. The maximum atomic E-state index is 12.4. The van der Waals surface area contributed by atoms with Crippen LogP contribution in [0.4, 0.5) is 0 Å². The van der Waals surface area contributed by atoms with Gasteiger partial charge in [0.2, 0.25) is 0 Å². The molecule has 28 heavy (non-hydrogen) atoms. The average molecular weight is 375 g/mol. The zero-order valence-electron chi connectivity index (χ0n) is 15.1. The van der Waals surface area contributed by atoms with E-state index in [1.807, 2.05) is 54.6 Å². The Morgan fingerprint density at radius 3 is 2.50 bits per heavy atom. The SMILES string of the molecule is CCOC(=O)c1cnn2c(=O)cc(-c3ccc(Oc4ccccc4)cc3)[nH]c12. The van der Waals surface area contributed by atoms with E-state index in [0.717, 1.165) is 15.8 Å². The summed E-state index contributed by atoms with van der Waals surface area (Å²) >= 11 is 0. The minimum atomic E-state index is -0.531. The summed E-state index contributed by atoms with van der Waals surface area (Å²) in [6.45, 7) is 1.96. The van der Waals surface area contributed by atoms with Crippen LogP contribution < -0.4 is 10.3 Å². The highest BCUT2D eigenvalue weighted by molar-refractivity contribution is 5.95. The molecule has 0 saturated carbocycles. The molecule has 0 aliphatic carbocycles. The fourth-order valence-electron chi connectivity index (χ4n) is 2.82. The lowest BCUT2D eigenvalue weighted by Gasteiger charge is -2.08. The summed E-state index contributed by atoms with van der Waals surface area (Å²) in [7, 11) is 0. The van der Waals surface area contributed by atoms with Crippen LogP contribution in [0.25, 0.3) is 16.9 Å². The van der Waals surface area contributed by atoms with Gasteiger partial charge in [-0.2, -0.15) is 9.61 Å². The van der Waals surface area contributed by atoms with E-state index in [0.29, 0.717) is 17.1 Å². The molecule has 0 atom stereocenters. The highest BCUT2D eigenvalue weighted by Crippen LogP contribution is 2.25. The maximum absolute atomic E-state index is 12.4. The Morgan fingerprint density at radius 2 is 1.79 bits per heavy atom. The molecule has 0 saturated heterocycles. The van der Waals surface area contributed by atoms with Crippen molar-refractivity contribution < 1.29 is 14.3 Å². The molecule has 7 heteroatoms. The van der Waals surface area contributed by atoms with E-state index in [1.54, 1.807) is 6.92 Å². The Hall–Kier alpha value is -3.87. The van der Waals surface area contributed by atoms with Crippen LogP contribution in [-0.4, -0.2) is 27.2 Å². The summed E-state index contributed by atoms with van der Waals surface area (Å²) < 4.78 is 11.9. The molecule has 0 spiro atoms. The molecule has 140 valence electrons. The number of carbonyl (C=O) groups is 1. The molecular formula is C21H17N3O4. The summed E-state index contributed by atoms with van der Waals surface area (Å²) in [6.07, 6.45) is 1.33. The number of hydrogen-bond donors (Lipinski definition) is 1. The van der Waals surface area contributed by atoms with Gasteiger partial charge >= 0.3 is 5.97 Å². The Balaban J connectivity index is 1.68. The maximum Gasteiger partial charge on any atom is 0.343 e. The summed E-state index contributed by atoms with van der Waals surface area (Å²) in [5.41, 5.74) is 1.50. The zero-order valence-corrected chi connectivity index (χ0v) is 15.1. The third-order valence-electron chi connectivity index (χ3n) is 4.14. The van der Waals surface area contributed by atoms with Gasteiger partial charge in [0.15, 0.2) is 5.65 Å². The van der Waals surface area contributed by atoms with E-state index in [2.05, 4.69) is 10.1 Å². The number of fused-ring (bicyclic) bond motifs is 1. The Kier molecular flexibility index (Phi) is 4.63. The van der Waals surface area contributed by atoms with Gasteiger partial charge in [-0.05, 0) is 48.9 Å². The number of aromatic amines is 1. The van der Waals surface area contributed by atoms with E-state index < -0.39 is 5.97 Å². The largest absolute Gasteiger partial charge is 0.462 e. The van der Waals surface area contributed by atoms with E-state index in [-0.39, 0.29) is 17.7 Å². The van der Waals surface area contributed by atoms with Crippen molar-refractivity contribution in [2.24, 2.45) is 0 Å². The van der Waals surface area contributed by atoms with Gasteiger partial charge < -0.3 is 14.5 Å². The predicted molar refractivity (Wildman–Crippen MR) is 104 cm³/mol.